The molecule has 1 aliphatic rings. The maximum Gasteiger partial charge on any atom is 0.421 e. The third kappa shape index (κ3) is 6.49. The first-order chi connectivity index (χ1) is 16.2. The summed E-state index contributed by atoms with van der Waals surface area (Å²) in [5.41, 5.74) is -0.0415. The molecule has 1 aromatic heterocycles. The number of H-pyrrole nitrogens is 1. The number of pyridine rings is 1. The molecule has 0 unspecified atom stereocenters. The van der Waals surface area contributed by atoms with Crippen molar-refractivity contribution >= 4 is 11.4 Å². The van der Waals surface area contributed by atoms with Crippen LogP contribution in [0.25, 0.3) is 5.57 Å². The van der Waals surface area contributed by atoms with Gasteiger partial charge in [-0.1, -0.05) is 49.3 Å². The van der Waals surface area contributed by atoms with Crippen LogP contribution in [0.1, 0.15) is 73.1 Å². The number of carbonyl (C=O) groups excluding carboxylic acids is 1. The van der Waals surface area contributed by atoms with Gasteiger partial charge in [-0.3, -0.25) is 9.59 Å². The van der Waals surface area contributed by atoms with Gasteiger partial charge in [0.2, 0.25) is 0 Å². The van der Waals surface area contributed by atoms with Crippen molar-refractivity contribution in [2.24, 2.45) is 5.92 Å². The lowest BCUT2D eigenvalue weighted by molar-refractivity contribution is -0.138. The highest BCUT2D eigenvalue weighted by Crippen LogP contribution is 2.32. The minimum absolute atomic E-state index is 0.0146. The lowest BCUT2D eigenvalue weighted by atomic mass is 9.94. The van der Waals surface area contributed by atoms with E-state index < -0.39 is 17.3 Å². The third-order valence-electron chi connectivity index (χ3n) is 6.26. The smallest absolute Gasteiger partial charge is 0.378 e. The summed E-state index contributed by atoms with van der Waals surface area (Å²) >= 11 is 0. The molecule has 1 aromatic carbocycles. The molecule has 34 heavy (non-hydrogen) atoms. The van der Waals surface area contributed by atoms with Gasteiger partial charge in [0.15, 0.2) is 5.78 Å². The molecule has 4 nitrogen and oxygen atoms in total. The Balaban J connectivity index is 1.87. The van der Waals surface area contributed by atoms with E-state index in [1.807, 2.05) is 18.4 Å². The number of benzene rings is 1. The van der Waals surface area contributed by atoms with E-state index in [0.29, 0.717) is 22.7 Å². The molecule has 1 fully saturated rings. The van der Waals surface area contributed by atoms with Crippen molar-refractivity contribution in [3.8, 4) is 0 Å². The number of halogens is 3. The Kier molecular flexibility index (Phi) is 8.53. The molecule has 0 atom stereocenters. The van der Waals surface area contributed by atoms with E-state index in [0.717, 1.165) is 50.4 Å². The Morgan fingerprint density at radius 2 is 1.65 bits per heavy atom. The van der Waals surface area contributed by atoms with E-state index in [-0.39, 0.29) is 12.2 Å². The lowest BCUT2D eigenvalue weighted by Crippen LogP contribution is -2.22. The van der Waals surface area contributed by atoms with Crippen LogP contribution in [-0.2, 0) is 6.18 Å². The third-order valence-corrected chi connectivity index (χ3v) is 6.26. The number of hydrogen-bond donors (Lipinski definition) is 1. The van der Waals surface area contributed by atoms with Crippen LogP contribution >= 0.6 is 0 Å². The molecular formula is C27H31F3N2O2. The zero-order chi connectivity index (χ0) is 24.7. The monoisotopic (exact) mass is 472 g/mol. The van der Waals surface area contributed by atoms with Crippen molar-refractivity contribution < 1.29 is 18.0 Å². The van der Waals surface area contributed by atoms with Crippen LogP contribution in [0.4, 0.5) is 13.2 Å². The van der Waals surface area contributed by atoms with Crippen LogP contribution < -0.4 is 5.56 Å². The van der Waals surface area contributed by atoms with Gasteiger partial charge in [-0.05, 0) is 56.5 Å². The normalized spacial score (nSPS) is 15.3. The Labute approximate surface area is 198 Å². The summed E-state index contributed by atoms with van der Waals surface area (Å²) in [5.74, 6) is 0.284. The summed E-state index contributed by atoms with van der Waals surface area (Å²) in [5, 5.41) is 0. The van der Waals surface area contributed by atoms with E-state index in [2.05, 4.69) is 23.7 Å². The largest absolute Gasteiger partial charge is 0.421 e. The first-order valence-electron chi connectivity index (χ1n) is 11.8. The number of nitrogens with one attached hydrogen (secondary N) is 1. The van der Waals surface area contributed by atoms with Gasteiger partial charge in [0.25, 0.3) is 5.56 Å². The maximum atomic E-state index is 13.1. The first-order valence-corrected chi connectivity index (χ1v) is 11.8. The highest BCUT2D eigenvalue weighted by Gasteiger charge is 2.34. The van der Waals surface area contributed by atoms with Gasteiger partial charge >= 0.3 is 6.18 Å². The van der Waals surface area contributed by atoms with Crippen LogP contribution in [0.3, 0.4) is 0 Å². The van der Waals surface area contributed by atoms with Crippen molar-refractivity contribution in [3.63, 3.8) is 0 Å². The zero-order valence-electron chi connectivity index (χ0n) is 19.6. The molecular weight excluding hydrogens is 441 g/mol. The molecule has 2 aromatic rings. The molecule has 182 valence electrons. The Hall–Kier alpha value is -3.09. The summed E-state index contributed by atoms with van der Waals surface area (Å²) in [6, 6.07) is 9.18. The van der Waals surface area contributed by atoms with Gasteiger partial charge in [-0.15, -0.1) is 0 Å². The summed E-state index contributed by atoms with van der Waals surface area (Å²) in [6.07, 6.45) is 5.61. The number of carbonyl (C=O) groups is 1. The number of aromatic amines is 1. The highest BCUT2D eigenvalue weighted by molar-refractivity contribution is 5.97. The Morgan fingerprint density at radius 1 is 1.03 bits per heavy atom. The predicted molar refractivity (Wildman–Crippen MR) is 129 cm³/mol. The van der Waals surface area contributed by atoms with Crippen LogP contribution in [0.15, 0.2) is 59.5 Å². The zero-order valence-corrected chi connectivity index (χ0v) is 19.6. The summed E-state index contributed by atoms with van der Waals surface area (Å²) < 4.78 is 39.2. The van der Waals surface area contributed by atoms with Crippen molar-refractivity contribution in [2.75, 3.05) is 13.1 Å². The molecule has 1 saturated carbocycles. The summed E-state index contributed by atoms with van der Waals surface area (Å²) in [7, 11) is 0. The number of ketones is 1. The molecule has 1 aliphatic carbocycles. The van der Waals surface area contributed by atoms with Crippen molar-refractivity contribution in [1.82, 2.24) is 9.88 Å². The molecule has 0 aliphatic heterocycles. The van der Waals surface area contributed by atoms with Crippen LogP contribution in [0, 0.1) is 5.92 Å². The second-order valence-corrected chi connectivity index (χ2v) is 8.55. The fraction of sp³-hybridized carbons (Fsp3) is 0.407. The van der Waals surface area contributed by atoms with Gasteiger partial charge in [0.1, 0.15) is 5.56 Å². The van der Waals surface area contributed by atoms with Crippen LogP contribution in [0.2, 0.25) is 0 Å². The molecule has 3 rings (SSSR count). The first kappa shape index (κ1) is 25.5. The van der Waals surface area contributed by atoms with E-state index in [4.69, 9.17) is 0 Å². The fourth-order valence-corrected chi connectivity index (χ4v) is 4.25. The number of aromatic nitrogens is 1. The lowest BCUT2D eigenvalue weighted by Gasteiger charge is -2.14. The second-order valence-electron chi connectivity index (χ2n) is 8.55. The Morgan fingerprint density at radius 3 is 2.21 bits per heavy atom. The molecule has 1 N–H and O–H groups in total. The summed E-state index contributed by atoms with van der Waals surface area (Å²) in [6.45, 7) is 5.85. The average molecular weight is 473 g/mol. The molecule has 7 heteroatoms. The number of rotatable bonds is 9. The van der Waals surface area contributed by atoms with Crippen molar-refractivity contribution in [1.29, 1.82) is 0 Å². The fourth-order valence-electron chi connectivity index (χ4n) is 4.25. The maximum absolute atomic E-state index is 13.1. The number of nitrogens with zero attached hydrogens (tertiary/aromatic N) is 1. The van der Waals surface area contributed by atoms with Crippen LogP contribution in [-0.4, -0.2) is 28.8 Å². The molecule has 0 radical (unpaired) electrons. The number of Topliss-reactive ketones (excluding diaryl/α,β-unsaturated/α-hetero) is 1. The van der Waals surface area contributed by atoms with E-state index >= 15 is 0 Å². The van der Waals surface area contributed by atoms with Gasteiger partial charge in [-0.25, -0.2) is 0 Å². The van der Waals surface area contributed by atoms with Crippen molar-refractivity contribution in [2.45, 2.75) is 52.1 Å². The van der Waals surface area contributed by atoms with Gasteiger partial charge in [-0.2, -0.15) is 13.2 Å². The summed E-state index contributed by atoms with van der Waals surface area (Å²) in [4.78, 5) is 29.2. The van der Waals surface area contributed by atoms with Gasteiger partial charge in [0.05, 0.1) is 0 Å². The average Bonchev–Trinajstić information content (AvgIpc) is 3.33. The minimum atomic E-state index is -4.71. The molecule has 0 amide bonds. The number of hydrogen-bond acceptors (Lipinski definition) is 3. The topological polar surface area (TPSA) is 53.2 Å². The number of alkyl halides is 3. The van der Waals surface area contributed by atoms with E-state index in [1.165, 1.54) is 6.07 Å². The van der Waals surface area contributed by atoms with Gasteiger partial charge in [0, 0.05) is 36.3 Å². The second kappa shape index (κ2) is 11.4. The standard InChI is InChI=1S/C27H31F3N2O2/c1-3-32(4-2)17-7-10-25(33)21-13-11-20(12-14-21)22(18-19-8-5-6-9-19)24-16-15-23(26(34)31-24)27(28,29)30/h7,11-19H,3-6,8-10H2,1-2H3,(H,31,34)/b17-7+,22-18+. The SMILES string of the molecule is CCN(/C=C/CC(=O)c1ccc(/C(=C\C2CCCC2)c2ccc(C(F)(F)F)c(=O)[nH]2)cc1)CC. The van der Waals surface area contributed by atoms with E-state index in [9.17, 15) is 22.8 Å². The predicted octanol–water partition coefficient (Wildman–Crippen LogP) is 6.44. The molecule has 1 heterocycles. The van der Waals surface area contributed by atoms with Gasteiger partial charge < -0.3 is 9.88 Å². The molecule has 0 bridgehead atoms. The molecule has 0 saturated heterocycles. The number of allylic oxidation sites excluding steroid dienone is 2. The van der Waals surface area contributed by atoms with E-state index in [1.54, 1.807) is 24.3 Å². The minimum Gasteiger partial charge on any atom is -0.378 e. The molecule has 0 spiro atoms. The highest BCUT2D eigenvalue weighted by atomic mass is 19.4. The Bertz CT molecular complexity index is 1090. The quantitative estimate of drug-likeness (QED) is 0.427. The van der Waals surface area contributed by atoms with Crippen molar-refractivity contribution in [3.05, 3.63) is 87.5 Å². The van der Waals surface area contributed by atoms with Crippen LogP contribution in [0.5, 0.6) is 0 Å².